The molecule has 1 aromatic carbocycles. The third-order valence-electron chi connectivity index (χ3n) is 2.78. The van der Waals surface area contributed by atoms with E-state index in [4.69, 9.17) is 10.00 Å². The van der Waals surface area contributed by atoms with Gasteiger partial charge in [-0.05, 0) is 24.6 Å². The van der Waals surface area contributed by atoms with Gasteiger partial charge in [0.2, 0.25) is 5.95 Å². The van der Waals surface area contributed by atoms with E-state index in [9.17, 15) is 0 Å². The number of anilines is 3. The van der Waals surface area contributed by atoms with Crippen LogP contribution in [0.3, 0.4) is 0 Å². The second-order valence-corrected chi connectivity index (χ2v) is 4.34. The van der Waals surface area contributed by atoms with Crippen LogP contribution < -0.4 is 15.4 Å². The smallest absolute Gasteiger partial charge is 0.224 e. The van der Waals surface area contributed by atoms with Gasteiger partial charge in [0.15, 0.2) is 0 Å². The Morgan fingerprint density at radius 2 is 2.19 bits per heavy atom. The number of nitrogens with one attached hydrogen (secondary N) is 2. The van der Waals surface area contributed by atoms with Crippen molar-refractivity contribution >= 4 is 17.5 Å². The van der Waals surface area contributed by atoms with E-state index in [0.29, 0.717) is 23.1 Å². The predicted octanol–water partition coefficient (Wildman–Crippen LogP) is 2.92. The Morgan fingerprint density at radius 1 is 1.33 bits per heavy atom. The summed E-state index contributed by atoms with van der Waals surface area (Å²) in [6.45, 7) is 2.90. The number of nitrogens with zero attached hydrogens (tertiary/aromatic N) is 3. The Hall–Kier alpha value is -2.81. The minimum Gasteiger partial charge on any atom is -0.495 e. The summed E-state index contributed by atoms with van der Waals surface area (Å²) >= 11 is 0. The first-order chi connectivity index (χ1) is 10.3. The molecule has 0 unspecified atom stereocenters. The second-order valence-electron chi connectivity index (χ2n) is 4.34. The molecule has 0 spiro atoms. The van der Waals surface area contributed by atoms with Crippen LogP contribution in [0.5, 0.6) is 5.75 Å². The van der Waals surface area contributed by atoms with Crippen molar-refractivity contribution in [3.63, 3.8) is 0 Å². The fraction of sp³-hybridized carbons (Fsp3) is 0.267. The lowest BCUT2D eigenvalue weighted by Crippen LogP contribution is -2.05. The maximum absolute atomic E-state index is 8.90. The minimum absolute atomic E-state index is 0.547. The molecule has 0 atom stereocenters. The standard InChI is InChI=1S/C15H17N5O/c1-3-7-17-15-18-8-6-14(20-15)19-12-5-4-11(10-16)9-13(12)21-2/h4-6,8-9H,3,7H2,1-2H3,(H2,17,18,19,20). The highest BCUT2D eigenvalue weighted by Crippen LogP contribution is 2.28. The van der Waals surface area contributed by atoms with Gasteiger partial charge in [0.25, 0.3) is 0 Å². The number of aromatic nitrogens is 2. The van der Waals surface area contributed by atoms with Crippen LogP contribution in [0.1, 0.15) is 18.9 Å². The Labute approximate surface area is 123 Å². The Morgan fingerprint density at radius 3 is 2.90 bits per heavy atom. The number of hydrogen-bond donors (Lipinski definition) is 2. The zero-order valence-corrected chi connectivity index (χ0v) is 12.1. The Kier molecular flexibility index (Phi) is 4.94. The fourth-order valence-corrected chi connectivity index (χ4v) is 1.75. The molecule has 0 aliphatic carbocycles. The van der Waals surface area contributed by atoms with Crippen LogP contribution in [0, 0.1) is 11.3 Å². The van der Waals surface area contributed by atoms with Gasteiger partial charge in [-0.25, -0.2) is 4.98 Å². The number of rotatable bonds is 6. The number of hydrogen-bond acceptors (Lipinski definition) is 6. The highest BCUT2D eigenvalue weighted by Gasteiger charge is 2.06. The van der Waals surface area contributed by atoms with E-state index in [-0.39, 0.29) is 0 Å². The summed E-state index contributed by atoms with van der Waals surface area (Å²) < 4.78 is 5.28. The summed E-state index contributed by atoms with van der Waals surface area (Å²) in [6.07, 6.45) is 2.69. The van der Waals surface area contributed by atoms with Gasteiger partial charge in [-0.2, -0.15) is 10.2 Å². The zero-order valence-electron chi connectivity index (χ0n) is 12.1. The van der Waals surface area contributed by atoms with Crippen LogP contribution in [0.25, 0.3) is 0 Å². The quantitative estimate of drug-likeness (QED) is 0.848. The van der Waals surface area contributed by atoms with Crippen molar-refractivity contribution in [3.05, 3.63) is 36.0 Å². The van der Waals surface area contributed by atoms with Crippen LogP contribution >= 0.6 is 0 Å². The lowest BCUT2D eigenvalue weighted by atomic mass is 10.2. The summed E-state index contributed by atoms with van der Waals surface area (Å²) in [7, 11) is 1.57. The molecule has 6 nitrogen and oxygen atoms in total. The van der Waals surface area contributed by atoms with Crippen molar-refractivity contribution in [3.8, 4) is 11.8 Å². The lowest BCUT2D eigenvalue weighted by molar-refractivity contribution is 0.416. The molecule has 108 valence electrons. The van der Waals surface area contributed by atoms with Gasteiger partial charge in [0, 0.05) is 18.8 Å². The second kappa shape index (κ2) is 7.10. The molecule has 0 amide bonds. The molecule has 0 aliphatic heterocycles. The molecule has 0 aliphatic rings. The van der Waals surface area contributed by atoms with E-state index in [0.717, 1.165) is 18.7 Å². The lowest BCUT2D eigenvalue weighted by Gasteiger charge is -2.11. The van der Waals surface area contributed by atoms with Crippen LogP contribution in [-0.2, 0) is 0 Å². The molecule has 2 rings (SSSR count). The van der Waals surface area contributed by atoms with E-state index >= 15 is 0 Å². The molecule has 0 fully saturated rings. The number of nitriles is 1. The third kappa shape index (κ3) is 3.83. The first kappa shape index (κ1) is 14.6. The highest BCUT2D eigenvalue weighted by atomic mass is 16.5. The minimum atomic E-state index is 0.547. The van der Waals surface area contributed by atoms with Gasteiger partial charge in [-0.15, -0.1) is 0 Å². The molecular weight excluding hydrogens is 266 g/mol. The van der Waals surface area contributed by atoms with Crippen LogP contribution in [0.4, 0.5) is 17.5 Å². The molecule has 21 heavy (non-hydrogen) atoms. The highest BCUT2D eigenvalue weighted by molar-refractivity contribution is 5.66. The van der Waals surface area contributed by atoms with Crippen molar-refractivity contribution in [1.82, 2.24) is 9.97 Å². The van der Waals surface area contributed by atoms with Crippen molar-refractivity contribution < 1.29 is 4.74 Å². The topological polar surface area (TPSA) is 82.9 Å². The summed E-state index contributed by atoms with van der Waals surface area (Å²) in [5.41, 5.74) is 1.29. The molecule has 0 radical (unpaired) electrons. The zero-order chi connectivity index (χ0) is 15.1. The molecular formula is C15H17N5O. The van der Waals surface area contributed by atoms with Crippen molar-refractivity contribution in [2.24, 2.45) is 0 Å². The molecule has 2 N–H and O–H groups in total. The molecule has 6 heteroatoms. The van der Waals surface area contributed by atoms with Gasteiger partial charge < -0.3 is 15.4 Å². The summed E-state index contributed by atoms with van der Waals surface area (Å²) in [6, 6.07) is 9.05. The van der Waals surface area contributed by atoms with E-state index in [1.165, 1.54) is 0 Å². The van der Waals surface area contributed by atoms with Gasteiger partial charge in [0.1, 0.15) is 11.6 Å². The first-order valence-electron chi connectivity index (χ1n) is 6.69. The summed E-state index contributed by atoms with van der Waals surface area (Å²) in [4.78, 5) is 8.52. The van der Waals surface area contributed by atoms with Gasteiger partial charge >= 0.3 is 0 Å². The summed E-state index contributed by atoms with van der Waals surface area (Å²) in [5, 5.41) is 15.2. The van der Waals surface area contributed by atoms with Gasteiger partial charge in [-0.1, -0.05) is 6.92 Å². The largest absolute Gasteiger partial charge is 0.495 e. The van der Waals surface area contributed by atoms with Crippen molar-refractivity contribution in [2.75, 3.05) is 24.3 Å². The SMILES string of the molecule is CCCNc1nccc(Nc2ccc(C#N)cc2OC)n1. The molecule has 0 saturated heterocycles. The number of methoxy groups -OCH3 is 1. The van der Waals surface area contributed by atoms with E-state index < -0.39 is 0 Å². The molecule has 2 aromatic rings. The Bertz CT molecular complexity index is 651. The fourth-order valence-electron chi connectivity index (χ4n) is 1.75. The predicted molar refractivity (Wildman–Crippen MR) is 81.8 cm³/mol. The van der Waals surface area contributed by atoms with Crippen LogP contribution in [0.15, 0.2) is 30.5 Å². The molecule has 1 aromatic heterocycles. The molecule has 1 heterocycles. The van der Waals surface area contributed by atoms with Crippen LogP contribution in [-0.4, -0.2) is 23.6 Å². The summed E-state index contributed by atoms with van der Waals surface area (Å²) in [5.74, 6) is 1.83. The molecule has 0 saturated carbocycles. The van der Waals surface area contributed by atoms with Gasteiger partial charge in [0.05, 0.1) is 24.4 Å². The van der Waals surface area contributed by atoms with E-state index in [2.05, 4.69) is 33.6 Å². The normalized spacial score (nSPS) is 9.76. The Balaban J connectivity index is 2.20. The average molecular weight is 283 g/mol. The van der Waals surface area contributed by atoms with Crippen LogP contribution in [0.2, 0.25) is 0 Å². The van der Waals surface area contributed by atoms with Crippen molar-refractivity contribution in [2.45, 2.75) is 13.3 Å². The first-order valence-corrected chi connectivity index (χ1v) is 6.69. The van der Waals surface area contributed by atoms with Gasteiger partial charge in [-0.3, -0.25) is 0 Å². The maximum Gasteiger partial charge on any atom is 0.224 e. The maximum atomic E-state index is 8.90. The number of ether oxygens (including phenoxy) is 1. The average Bonchev–Trinajstić information content (AvgIpc) is 2.53. The number of benzene rings is 1. The van der Waals surface area contributed by atoms with E-state index in [1.54, 1.807) is 37.6 Å². The monoisotopic (exact) mass is 283 g/mol. The van der Waals surface area contributed by atoms with Crippen molar-refractivity contribution in [1.29, 1.82) is 5.26 Å². The molecule has 0 bridgehead atoms. The third-order valence-corrected chi connectivity index (χ3v) is 2.78. The van der Waals surface area contributed by atoms with E-state index in [1.807, 2.05) is 0 Å².